The van der Waals surface area contributed by atoms with Gasteiger partial charge in [-0.05, 0) is 62.4 Å². The largest absolute Gasteiger partial charge is 0.484 e. The molecule has 5 nitrogen and oxygen atoms in total. The fourth-order valence-corrected chi connectivity index (χ4v) is 4.65. The number of aryl methyl sites for hydroxylation is 2. The summed E-state index contributed by atoms with van der Waals surface area (Å²) < 4.78 is 6.82. The zero-order chi connectivity index (χ0) is 23.8. The first-order valence-electron chi connectivity index (χ1n) is 11.9. The maximum atomic E-state index is 13.4. The van der Waals surface area contributed by atoms with E-state index >= 15 is 0 Å². The van der Waals surface area contributed by atoms with E-state index in [1.54, 1.807) is 4.90 Å². The van der Waals surface area contributed by atoms with Gasteiger partial charge in [-0.1, -0.05) is 71.9 Å². The van der Waals surface area contributed by atoms with Gasteiger partial charge in [-0.25, -0.2) is 0 Å². The molecular formula is C27H35BrN2O3. The third-order valence-electron chi connectivity index (χ3n) is 6.26. The molecule has 1 N–H and O–H groups in total. The molecule has 3 rings (SSSR count). The summed E-state index contributed by atoms with van der Waals surface area (Å²) in [5.41, 5.74) is 3.17. The molecule has 6 heteroatoms. The fraction of sp³-hybridized carbons (Fsp3) is 0.481. The van der Waals surface area contributed by atoms with E-state index in [1.807, 2.05) is 57.2 Å². The van der Waals surface area contributed by atoms with E-state index in [-0.39, 0.29) is 24.5 Å². The number of carbonyl (C=O) groups is 2. The van der Waals surface area contributed by atoms with Crippen LogP contribution in [0.5, 0.6) is 5.75 Å². The molecule has 33 heavy (non-hydrogen) atoms. The van der Waals surface area contributed by atoms with Gasteiger partial charge in [0.2, 0.25) is 5.91 Å². The number of nitrogens with one attached hydrogen (secondary N) is 1. The molecule has 2 amide bonds. The Balaban J connectivity index is 1.76. The van der Waals surface area contributed by atoms with Gasteiger partial charge in [0, 0.05) is 17.1 Å². The number of hydrogen-bond acceptors (Lipinski definition) is 3. The molecule has 0 aliphatic heterocycles. The normalized spacial score (nSPS) is 15.0. The van der Waals surface area contributed by atoms with Crippen LogP contribution in [-0.4, -0.2) is 35.4 Å². The summed E-state index contributed by atoms with van der Waals surface area (Å²) in [5.74, 6) is 0.381. The lowest BCUT2D eigenvalue weighted by Gasteiger charge is -2.32. The summed E-state index contributed by atoms with van der Waals surface area (Å²) in [6, 6.07) is 13.4. The van der Waals surface area contributed by atoms with Gasteiger partial charge in [-0.3, -0.25) is 9.59 Å². The average Bonchev–Trinajstić information content (AvgIpc) is 2.80. The minimum atomic E-state index is -0.532. The third-order valence-corrected chi connectivity index (χ3v) is 7.15. The maximum Gasteiger partial charge on any atom is 0.261 e. The second kappa shape index (κ2) is 12.2. The van der Waals surface area contributed by atoms with Crippen molar-refractivity contribution in [2.75, 3.05) is 6.61 Å². The van der Waals surface area contributed by atoms with Gasteiger partial charge < -0.3 is 15.0 Å². The quantitative estimate of drug-likeness (QED) is 0.466. The van der Waals surface area contributed by atoms with E-state index in [9.17, 15) is 9.59 Å². The molecule has 0 saturated heterocycles. The smallest absolute Gasteiger partial charge is 0.261 e. The standard InChI is InChI=1S/C27H35BrN2O3/c1-4-25(27(32)29-22-11-6-5-7-12-22)30(17-21-10-8-9-19(2)15-21)26(31)18-33-23-13-14-24(28)20(3)16-23/h8-10,13-16,22,25H,4-7,11-12,17-18H2,1-3H3,(H,29,32)/t25-/m0/s1. The van der Waals surface area contributed by atoms with Crippen LogP contribution in [0.15, 0.2) is 46.9 Å². The second-order valence-corrected chi connectivity index (χ2v) is 9.83. The molecular weight excluding hydrogens is 480 g/mol. The van der Waals surface area contributed by atoms with Crippen molar-refractivity contribution in [3.63, 3.8) is 0 Å². The number of hydrogen-bond donors (Lipinski definition) is 1. The lowest BCUT2D eigenvalue weighted by molar-refractivity contribution is -0.143. The van der Waals surface area contributed by atoms with Gasteiger partial charge in [0.05, 0.1) is 0 Å². The summed E-state index contributed by atoms with van der Waals surface area (Å²) in [6.45, 7) is 6.23. The zero-order valence-corrected chi connectivity index (χ0v) is 21.5. The van der Waals surface area contributed by atoms with E-state index < -0.39 is 6.04 Å². The van der Waals surface area contributed by atoms with Crippen LogP contribution < -0.4 is 10.1 Å². The molecule has 1 fully saturated rings. The average molecular weight is 515 g/mol. The molecule has 0 aromatic heterocycles. The Morgan fingerprint density at radius 1 is 1.12 bits per heavy atom. The number of halogens is 1. The molecule has 1 aliphatic carbocycles. The summed E-state index contributed by atoms with van der Waals surface area (Å²) in [6.07, 6.45) is 6.10. The lowest BCUT2D eigenvalue weighted by atomic mass is 9.95. The summed E-state index contributed by atoms with van der Waals surface area (Å²) in [7, 11) is 0. The predicted octanol–water partition coefficient (Wildman–Crippen LogP) is 5.70. The molecule has 1 atom stereocenters. The molecule has 0 radical (unpaired) electrons. The van der Waals surface area contributed by atoms with Crippen molar-refractivity contribution in [2.24, 2.45) is 0 Å². The lowest BCUT2D eigenvalue weighted by Crippen LogP contribution is -2.52. The molecule has 178 valence electrons. The van der Waals surface area contributed by atoms with E-state index in [2.05, 4.69) is 27.3 Å². The van der Waals surface area contributed by atoms with Crippen LogP contribution in [0, 0.1) is 13.8 Å². The molecule has 0 unspecified atom stereocenters. The van der Waals surface area contributed by atoms with Gasteiger partial charge in [0.25, 0.3) is 5.91 Å². The van der Waals surface area contributed by atoms with Crippen LogP contribution in [0.4, 0.5) is 0 Å². The molecule has 1 aliphatic rings. The Hall–Kier alpha value is -2.34. The number of benzene rings is 2. The van der Waals surface area contributed by atoms with Crippen molar-refractivity contribution in [3.8, 4) is 5.75 Å². The Bertz CT molecular complexity index is 956. The summed E-state index contributed by atoms with van der Waals surface area (Å²) >= 11 is 3.49. The minimum absolute atomic E-state index is 0.0649. The zero-order valence-electron chi connectivity index (χ0n) is 19.9. The van der Waals surface area contributed by atoms with E-state index in [1.165, 1.54) is 6.42 Å². The van der Waals surface area contributed by atoms with Crippen molar-refractivity contribution in [1.29, 1.82) is 0 Å². The Labute approximate surface area is 206 Å². The molecule has 0 spiro atoms. The van der Waals surface area contributed by atoms with Crippen LogP contribution in [0.2, 0.25) is 0 Å². The van der Waals surface area contributed by atoms with E-state index in [0.29, 0.717) is 18.7 Å². The number of rotatable bonds is 9. The molecule has 2 aromatic rings. The van der Waals surface area contributed by atoms with Gasteiger partial charge in [-0.2, -0.15) is 0 Å². The van der Waals surface area contributed by atoms with Crippen LogP contribution in [0.25, 0.3) is 0 Å². The Morgan fingerprint density at radius 2 is 1.88 bits per heavy atom. The fourth-order valence-electron chi connectivity index (χ4n) is 4.41. The molecule has 1 saturated carbocycles. The van der Waals surface area contributed by atoms with Crippen LogP contribution >= 0.6 is 15.9 Å². The van der Waals surface area contributed by atoms with E-state index in [4.69, 9.17) is 4.74 Å². The van der Waals surface area contributed by atoms with E-state index in [0.717, 1.165) is 46.8 Å². The van der Waals surface area contributed by atoms with Crippen molar-refractivity contribution >= 4 is 27.7 Å². The SMILES string of the molecule is CC[C@@H](C(=O)NC1CCCCC1)N(Cc1cccc(C)c1)C(=O)COc1ccc(Br)c(C)c1. The first kappa shape index (κ1) is 25.3. The predicted molar refractivity (Wildman–Crippen MR) is 135 cm³/mol. The summed E-state index contributed by atoms with van der Waals surface area (Å²) in [4.78, 5) is 28.3. The van der Waals surface area contributed by atoms with Crippen molar-refractivity contribution in [2.45, 2.75) is 77.9 Å². The minimum Gasteiger partial charge on any atom is -0.484 e. The van der Waals surface area contributed by atoms with Gasteiger partial charge in [0.15, 0.2) is 6.61 Å². The first-order valence-corrected chi connectivity index (χ1v) is 12.7. The van der Waals surface area contributed by atoms with Crippen molar-refractivity contribution in [1.82, 2.24) is 10.2 Å². The first-order chi connectivity index (χ1) is 15.9. The van der Waals surface area contributed by atoms with Gasteiger partial charge in [0.1, 0.15) is 11.8 Å². The Morgan fingerprint density at radius 3 is 2.55 bits per heavy atom. The van der Waals surface area contributed by atoms with Crippen LogP contribution in [0.3, 0.4) is 0 Å². The maximum absolute atomic E-state index is 13.4. The number of nitrogens with zero attached hydrogens (tertiary/aromatic N) is 1. The van der Waals surface area contributed by atoms with Gasteiger partial charge >= 0.3 is 0 Å². The topological polar surface area (TPSA) is 58.6 Å². The number of ether oxygens (including phenoxy) is 1. The van der Waals surface area contributed by atoms with Crippen molar-refractivity contribution < 1.29 is 14.3 Å². The monoisotopic (exact) mass is 514 g/mol. The van der Waals surface area contributed by atoms with Crippen LogP contribution in [0.1, 0.15) is 62.1 Å². The molecule has 2 aromatic carbocycles. The second-order valence-electron chi connectivity index (χ2n) is 8.98. The Kier molecular flexibility index (Phi) is 9.36. The highest BCUT2D eigenvalue weighted by Crippen LogP contribution is 2.22. The number of amides is 2. The highest BCUT2D eigenvalue weighted by atomic mass is 79.9. The third kappa shape index (κ3) is 7.32. The highest BCUT2D eigenvalue weighted by molar-refractivity contribution is 9.10. The van der Waals surface area contributed by atoms with Gasteiger partial charge in [-0.15, -0.1) is 0 Å². The highest BCUT2D eigenvalue weighted by Gasteiger charge is 2.30. The summed E-state index contributed by atoms with van der Waals surface area (Å²) in [5, 5.41) is 3.21. The molecule has 0 bridgehead atoms. The molecule has 0 heterocycles. The number of carbonyl (C=O) groups excluding carboxylic acids is 2. The van der Waals surface area contributed by atoms with Crippen LogP contribution in [-0.2, 0) is 16.1 Å². The van der Waals surface area contributed by atoms with Crippen molar-refractivity contribution in [3.05, 3.63) is 63.6 Å².